The molecular formula is C19H19N3O2S. The molecule has 0 bridgehead atoms. The molecule has 1 aliphatic heterocycles. The number of hydrogen-bond donors (Lipinski definition) is 0. The van der Waals surface area contributed by atoms with Crippen LogP contribution in [-0.2, 0) is 18.4 Å². The van der Waals surface area contributed by atoms with Gasteiger partial charge in [0.1, 0.15) is 0 Å². The van der Waals surface area contributed by atoms with E-state index in [1.165, 1.54) is 0 Å². The van der Waals surface area contributed by atoms with Gasteiger partial charge < -0.3 is 4.90 Å². The summed E-state index contributed by atoms with van der Waals surface area (Å²) in [6, 6.07) is 15.7. The van der Waals surface area contributed by atoms with Crippen LogP contribution in [0.5, 0.6) is 0 Å². The Hall–Kier alpha value is -2.47. The quantitative estimate of drug-likeness (QED) is 0.727. The fraction of sp³-hybridized carbons (Fsp3) is 0.263. The van der Waals surface area contributed by atoms with E-state index in [1.54, 1.807) is 27.9 Å². The summed E-state index contributed by atoms with van der Waals surface area (Å²) < 4.78 is 3.32. The first-order valence-electron chi connectivity index (χ1n) is 8.33. The molecule has 6 heteroatoms. The molecule has 0 spiro atoms. The van der Waals surface area contributed by atoms with Crippen LogP contribution in [0.15, 0.2) is 58.2 Å². The molecule has 128 valence electrons. The van der Waals surface area contributed by atoms with E-state index in [1.807, 2.05) is 47.4 Å². The predicted octanol–water partition coefficient (Wildman–Crippen LogP) is 2.87. The number of aryl methyl sites for hydroxylation is 2. The number of aromatic nitrogens is 2. The van der Waals surface area contributed by atoms with Gasteiger partial charge in [-0.3, -0.25) is 13.9 Å². The molecule has 4 rings (SSSR count). The maximum atomic E-state index is 12.8. The van der Waals surface area contributed by atoms with Gasteiger partial charge in [-0.15, -0.1) is 11.8 Å². The maximum Gasteiger partial charge on any atom is 0.328 e. The van der Waals surface area contributed by atoms with Gasteiger partial charge in [0.05, 0.1) is 16.7 Å². The van der Waals surface area contributed by atoms with Crippen LogP contribution < -0.4 is 10.6 Å². The van der Waals surface area contributed by atoms with Crippen LogP contribution in [0.2, 0.25) is 0 Å². The zero-order valence-electron chi connectivity index (χ0n) is 14.0. The van der Waals surface area contributed by atoms with Crippen LogP contribution in [0.1, 0.15) is 6.42 Å². The van der Waals surface area contributed by atoms with Crippen molar-refractivity contribution in [3.05, 3.63) is 59.0 Å². The number of carbonyl (C=O) groups is 1. The van der Waals surface area contributed by atoms with Crippen molar-refractivity contribution in [1.82, 2.24) is 9.13 Å². The van der Waals surface area contributed by atoms with Crippen molar-refractivity contribution in [2.75, 3.05) is 17.2 Å². The molecule has 3 aromatic rings. The highest BCUT2D eigenvalue weighted by molar-refractivity contribution is 7.99. The Morgan fingerprint density at radius 3 is 2.64 bits per heavy atom. The summed E-state index contributed by atoms with van der Waals surface area (Å²) in [6.45, 7) is 1.11. The molecule has 0 saturated heterocycles. The SMILES string of the molecule is Cn1c(=O)n(CCC(=O)N2CCSc3ccccc32)c2ccccc21. The number of amides is 1. The lowest BCUT2D eigenvalue weighted by atomic mass is 10.2. The Balaban J connectivity index is 1.58. The van der Waals surface area contributed by atoms with Crippen LogP contribution >= 0.6 is 11.8 Å². The summed E-state index contributed by atoms with van der Waals surface area (Å²) in [7, 11) is 1.76. The number of thioether (sulfide) groups is 1. The Morgan fingerprint density at radius 1 is 1.08 bits per heavy atom. The molecule has 25 heavy (non-hydrogen) atoms. The van der Waals surface area contributed by atoms with Gasteiger partial charge in [0.2, 0.25) is 5.91 Å². The van der Waals surface area contributed by atoms with Crippen LogP contribution in [0.4, 0.5) is 5.69 Å². The van der Waals surface area contributed by atoms with Gasteiger partial charge in [-0.25, -0.2) is 4.79 Å². The fourth-order valence-electron chi connectivity index (χ4n) is 3.35. The second kappa shape index (κ2) is 6.44. The predicted molar refractivity (Wildman–Crippen MR) is 101 cm³/mol. The van der Waals surface area contributed by atoms with Crippen LogP contribution in [-0.4, -0.2) is 27.3 Å². The monoisotopic (exact) mass is 353 g/mol. The highest BCUT2D eigenvalue weighted by Crippen LogP contribution is 2.34. The Labute approximate surface area is 149 Å². The third-order valence-electron chi connectivity index (χ3n) is 4.63. The first-order valence-corrected chi connectivity index (χ1v) is 9.32. The topological polar surface area (TPSA) is 47.2 Å². The smallest absolute Gasteiger partial charge is 0.310 e. The normalized spacial score (nSPS) is 13.9. The first kappa shape index (κ1) is 16.0. The lowest BCUT2D eigenvalue weighted by molar-refractivity contribution is -0.118. The molecule has 0 saturated carbocycles. The molecule has 2 heterocycles. The van der Waals surface area contributed by atoms with Crippen molar-refractivity contribution in [3.63, 3.8) is 0 Å². The second-order valence-corrected chi connectivity index (χ2v) is 7.23. The molecule has 1 aliphatic rings. The summed E-state index contributed by atoms with van der Waals surface area (Å²) in [6.07, 6.45) is 0.312. The minimum atomic E-state index is -0.0800. The van der Waals surface area contributed by atoms with Crippen LogP contribution in [0, 0.1) is 0 Å². The number of nitrogens with zero attached hydrogens (tertiary/aromatic N) is 3. The standard InChI is InChI=1S/C19H19N3O2S/c1-20-14-6-2-3-7-15(14)22(19(20)24)11-10-18(23)21-12-13-25-17-9-5-4-8-16(17)21/h2-9H,10-13H2,1H3. The molecule has 0 aliphatic carbocycles. The average molecular weight is 353 g/mol. The maximum absolute atomic E-state index is 12.8. The van der Waals surface area contributed by atoms with Crippen LogP contribution in [0.3, 0.4) is 0 Å². The molecular weight excluding hydrogens is 334 g/mol. The van der Waals surface area contributed by atoms with E-state index in [2.05, 4.69) is 6.07 Å². The molecule has 2 aromatic carbocycles. The van der Waals surface area contributed by atoms with E-state index in [9.17, 15) is 9.59 Å². The summed E-state index contributed by atoms with van der Waals surface area (Å²) in [5.74, 6) is 0.962. The zero-order valence-corrected chi connectivity index (χ0v) is 14.8. The second-order valence-electron chi connectivity index (χ2n) is 6.09. The van der Waals surface area contributed by atoms with E-state index in [0.717, 1.165) is 27.4 Å². The summed E-state index contributed by atoms with van der Waals surface area (Å²) >= 11 is 1.78. The van der Waals surface area contributed by atoms with Gasteiger partial charge in [-0.1, -0.05) is 24.3 Å². The minimum absolute atomic E-state index is 0.0626. The lowest BCUT2D eigenvalue weighted by Crippen LogP contribution is -2.36. The van der Waals surface area contributed by atoms with E-state index in [0.29, 0.717) is 19.5 Å². The van der Waals surface area contributed by atoms with E-state index >= 15 is 0 Å². The van der Waals surface area contributed by atoms with Crippen molar-refractivity contribution >= 4 is 34.4 Å². The number of benzene rings is 2. The molecule has 0 atom stereocenters. The lowest BCUT2D eigenvalue weighted by Gasteiger charge is -2.29. The largest absolute Gasteiger partial charge is 0.328 e. The molecule has 1 amide bonds. The molecule has 5 nitrogen and oxygen atoms in total. The Morgan fingerprint density at radius 2 is 1.80 bits per heavy atom. The van der Waals surface area contributed by atoms with Gasteiger partial charge in [0, 0.05) is 37.2 Å². The third-order valence-corrected chi connectivity index (χ3v) is 5.67. The minimum Gasteiger partial charge on any atom is -0.310 e. The van der Waals surface area contributed by atoms with Crippen molar-refractivity contribution in [1.29, 1.82) is 0 Å². The van der Waals surface area contributed by atoms with Gasteiger partial charge in [-0.05, 0) is 24.3 Å². The highest BCUT2D eigenvalue weighted by atomic mass is 32.2. The molecule has 0 fully saturated rings. The summed E-state index contributed by atoms with van der Waals surface area (Å²) in [5, 5.41) is 0. The zero-order chi connectivity index (χ0) is 17.4. The highest BCUT2D eigenvalue weighted by Gasteiger charge is 2.22. The first-order chi connectivity index (χ1) is 12.2. The van der Waals surface area contributed by atoms with Gasteiger partial charge in [0.25, 0.3) is 0 Å². The number of hydrogen-bond acceptors (Lipinski definition) is 3. The van der Waals surface area contributed by atoms with Gasteiger partial charge in [0.15, 0.2) is 0 Å². The van der Waals surface area contributed by atoms with E-state index < -0.39 is 0 Å². The molecule has 0 unspecified atom stereocenters. The van der Waals surface area contributed by atoms with E-state index in [-0.39, 0.29) is 11.6 Å². The number of fused-ring (bicyclic) bond motifs is 2. The number of para-hydroxylation sites is 3. The van der Waals surface area contributed by atoms with Crippen LogP contribution in [0.25, 0.3) is 11.0 Å². The van der Waals surface area contributed by atoms with Gasteiger partial charge in [-0.2, -0.15) is 0 Å². The van der Waals surface area contributed by atoms with Crippen molar-refractivity contribution in [2.24, 2.45) is 7.05 Å². The molecule has 1 aromatic heterocycles. The number of anilines is 1. The summed E-state index contributed by atoms with van der Waals surface area (Å²) in [5.41, 5.74) is 2.66. The average Bonchev–Trinajstić information content (AvgIpc) is 2.90. The number of rotatable bonds is 3. The van der Waals surface area contributed by atoms with Crippen molar-refractivity contribution in [2.45, 2.75) is 17.9 Å². The third kappa shape index (κ3) is 2.76. The van der Waals surface area contributed by atoms with Gasteiger partial charge >= 0.3 is 5.69 Å². The van der Waals surface area contributed by atoms with Crippen molar-refractivity contribution in [3.8, 4) is 0 Å². The Bertz CT molecular complexity index is 1010. The van der Waals surface area contributed by atoms with E-state index in [4.69, 9.17) is 0 Å². The molecule has 0 radical (unpaired) electrons. The molecule has 0 N–H and O–H groups in total. The number of imidazole rings is 1. The van der Waals surface area contributed by atoms with Crippen molar-refractivity contribution < 1.29 is 4.79 Å². The Kier molecular flexibility index (Phi) is 4.13. The summed E-state index contributed by atoms with van der Waals surface area (Å²) in [4.78, 5) is 28.2. The number of carbonyl (C=O) groups excluding carboxylic acids is 1. The fourth-order valence-corrected chi connectivity index (χ4v) is 4.34.